The highest BCUT2D eigenvalue weighted by molar-refractivity contribution is 5.81. The number of pyridine rings is 1. The van der Waals surface area contributed by atoms with Gasteiger partial charge in [-0.1, -0.05) is 12.1 Å². The van der Waals surface area contributed by atoms with Crippen LogP contribution >= 0.6 is 0 Å². The van der Waals surface area contributed by atoms with Crippen molar-refractivity contribution in [3.8, 4) is 11.4 Å². The molecule has 0 spiro atoms. The Morgan fingerprint density at radius 1 is 1.22 bits per heavy atom. The molecule has 0 N–H and O–H groups in total. The van der Waals surface area contributed by atoms with E-state index in [1.54, 1.807) is 0 Å². The molecule has 0 atom stereocenters. The van der Waals surface area contributed by atoms with Crippen molar-refractivity contribution in [2.75, 3.05) is 13.1 Å². The van der Waals surface area contributed by atoms with Crippen molar-refractivity contribution < 1.29 is 9.32 Å². The summed E-state index contributed by atoms with van der Waals surface area (Å²) in [6.45, 7) is 7.69. The Labute approximate surface area is 158 Å². The molecule has 0 saturated carbocycles. The van der Waals surface area contributed by atoms with E-state index < -0.39 is 0 Å². The molecular weight excluding hydrogens is 342 g/mol. The highest BCUT2D eigenvalue weighted by Crippen LogP contribution is 2.31. The molecule has 0 aliphatic carbocycles. The first-order valence-corrected chi connectivity index (χ1v) is 9.64. The molecule has 4 heterocycles. The first-order valence-electron chi connectivity index (χ1n) is 9.64. The van der Waals surface area contributed by atoms with Crippen molar-refractivity contribution in [3.63, 3.8) is 0 Å². The molecule has 27 heavy (non-hydrogen) atoms. The average Bonchev–Trinajstić information content (AvgIpc) is 3.34. The fourth-order valence-corrected chi connectivity index (χ4v) is 3.73. The van der Waals surface area contributed by atoms with E-state index in [0.29, 0.717) is 12.3 Å². The number of rotatable bonds is 4. The third-order valence-electron chi connectivity index (χ3n) is 5.31. The number of amides is 1. The van der Waals surface area contributed by atoms with Crippen LogP contribution in [0.3, 0.4) is 0 Å². The van der Waals surface area contributed by atoms with Gasteiger partial charge in [0.2, 0.25) is 5.91 Å². The maximum absolute atomic E-state index is 11.8. The Hall–Kier alpha value is -2.70. The van der Waals surface area contributed by atoms with Crippen LogP contribution in [0.5, 0.6) is 0 Å². The van der Waals surface area contributed by atoms with E-state index in [4.69, 9.17) is 4.52 Å². The van der Waals surface area contributed by atoms with E-state index in [1.807, 2.05) is 41.0 Å². The van der Waals surface area contributed by atoms with Crippen LogP contribution in [0.15, 0.2) is 29.0 Å². The molecule has 0 bridgehead atoms. The zero-order chi connectivity index (χ0) is 19.0. The van der Waals surface area contributed by atoms with Gasteiger partial charge in [-0.05, 0) is 32.8 Å². The number of carbonyl (C=O) groups excluding carboxylic acids is 1. The van der Waals surface area contributed by atoms with Gasteiger partial charge in [0.15, 0.2) is 0 Å². The first-order chi connectivity index (χ1) is 13.1. The zero-order valence-electron chi connectivity index (χ0n) is 16.1. The van der Waals surface area contributed by atoms with E-state index in [-0.39, 0.29) is 11.9 Å². The van der Waals surface area contributed by atoms with Crippen molar-refractivity contribution in [1.29, 1.82) is 0 Å². The van der Waals surface area contributed by atoms with Gasteiger partial charge < -0.3 is 9.42 Å². The van der Waals surface area contributed by atoms with Crippen molar-refractivity contribution >= 4 is 16.8 Å². The zero-order valence-corrected chi connectivity index (χ0v) is 16.1. The molecule has 3 aromatic heterocycles. The number of hydrogen-bond donors (Lipinski definition) is 0. The van der Waals surface area contributed by atoms with Gasteiger partial charge in [-0.3, -0.25) is 14.5 Å². The highest BCUT2D eigenvalue weighted by atomic mass is 16.5. The van der Waals surface area contributed by atoms with E-state index in [0.717, 1.165) is 54.0 Å². The summed E-state index contributed by atoms with van der Waals surface area (Å²) in [6, 6.07) is 4.29. The molecule has 1 saturated heterocycles. The SMILES string of the molecule is CCC(=O)N1CCC(c2cc(-c3cc4c(cn3)cnn4C(C)C)no2)CC1. The second-order valence-corrected chi connectivity index (χ2v) is 7.43. The monoisotopic (exact) mass is 367 g/mol. The molecule has 1 aliphatic rings. The number of aromatic nitrogens is 4. The van der Waals surface area contributed by atoms with Crippen LogP contribution in [-0.2, 0) is 4.79 Å². The van der Waals surface area contributed by atoms with E-state index in [1.165, 1.54) is 0 Å². The summed E-state index contributed by atoms with van der Waals surface area (Å²) in [5.41, 5.74) is 2.58. The molecule has 3 aromatic rings. The Morgan fingerprint density at radius 3 is 2.70 bits per heavy atom. The fraction of sp³-hybridized carbons (Fsp3) is 0.500. The molecule has 1 amide bonds. The fourth-order valence-electron chi connectivity index (χ4n) is 3.73. The van der Waals surface area contributed by atoms with Crippen molar-refractivity contribution in [2.24, 2.45) is 0 Å². The number of piperidine rings is 1. The molecule has 0 aromatic carbocycles. The summed E-state index contributed by atoms with van der Waals surface area (Å²) in [6.07, 6.45) is 6.06. The molecule has 1 fully saturated rings. The molecule has 4 rings (SSSR count). The number of nitrogens with zero attached hydrogens (tertiary/aromatic N) is 5. The minimum Gasteiger partial charge on any atom is -0.360 e. The Kier molecular flexibility index (Phi) is 4.68. The third-order valence-corrected chi connectivity index (χ3v) is 5.31. The van der Waals surface area contributed by atoms with Gasteiger partial charge in [-0.25, -0.2) is 0 Å². The largest absolute Gasteiger partial charge is 0.360 e. The maximum Gasteiger partial charge on any atom is 0.222 e. The highest BCUT2D eigenvalue weighted by Gasteiger charge is 2.26. The van der Waals surface area contributed by atoms with Crippen LogP contribution in [0.25, 0.3) is 22.3 Å². The van der Waals surface area contributed by atoms with E-state index in [9.17, 15) is 4.79 Å². The Balaban J connectivity index is 1.54. The lowest BCUT2D eigenvalue weighted by Gasteiger charge is -2.30. The predicted molar refractivity (Wildman–Crippen MR) is 102 cm³/mol. The van der Waals surface area contributed by atoms with E-state index in [2.05, 4.69) is 29.1 Å². The minimum absolute atomic E-state index is 0.228. The first kappa shape index (κ1) is 17.7. The van der Waals surface area contributed by atoms with Crippen LogP contribution in [0.4, 0.5) is 0 Å². The normalized spacial score (nSPS) is 15.8. The van der Waals surface area contributed by atoms with Gasteiger partial charge in [-0.2, -0.15) is 5.10 Å². The van der Waals surface area contributed by atoms with Gasteiger partial charge >= 0.3 is 0 Å². The van der Waals surface area contributed by atoms with Crippen LogP contribution in [0.2, 0.25) is 0 Å². The Bertz CT molecular complexity index is 950. The molecular formula is C20H25N5O2. The van der Waals surface area contributed by atoms with Crippen LogP contribution in [0.1, 0.15) is 57.8 Å². The van der Waals surface area contributed by atoms with Gasteiger partial charge in [0.25, 0.3) is 0 Å². The summed E-state index contributed by atoms with van der Waals surface area (Å²) >= 11 is 0. The second-order valence-electron chi connectivity index (χ2n) is 7.43. The number of hydrogen-bond acceptors (Lipinski definition) is 5. The van der Waals surface area contributed by atoms with Crippen molar-refractivity contribution in [3.05, 3.63) is 30.3 Å². The molecule has 1 aliphatic heterocycles. The average molecular weight is 367 g/mol. The van der Waals surface area contributed by atoms with Crippen LogP contribution in [0, 0.1) is 0 Å². The quantitative estimate of drug-likeness (QED) is 0.701. The summed E-state index contributed by atoms with van der Waals surface area (Å²) in [7, 11) is 0. The summed E-state index contributed by atoms with van der Waals surface area (Å²) in [4.78, 5) is 18.3. The number of carbonyl (C=O) groups is 1. The summed E-state index contributed by atoms with van der Waals surface area (Å²) in [5, 5.41) is 9.70. The number of fused-ring (bicyclic) bond motifs is 1. The van der Waals surface area contributed by atoms with Crippen molar-refractivity contribution in [2.45, 2.75) is 52.0 Å². The third kappa shape index (κ3) is 3.34. The standard InChI is InChI=1S/C20H25N5O2/c1-4-20(26)24-7-5-14(6-8-24)19-10-17(23-27-19)16-9-18-15(11-21-16)12-22-25(18)13(2)3/h9-14H,4-8H2,1-3H3. The molecule has 142 valence electrons. The topological polar surface area (TPSA) is 77.1 Å². The van der Waals surface area contributed by atoms with Crippen LogP contribution < -0.4 is 0 Å². The Morgan fingerprint density at radius 2 is 2.00 bits per heavy atom. The number of likely N-dealkylation sites (tertiary alicyclic amines) is 1. The maximum atomic E-state index is 11.8. The lowest BCUT2D eigenvalue weighted by Crippen LogP contribution is -2.37. The minimum atomic E-state index is 0.228. The van der Waals surface area contributed by atoms with E-state index >= 15 is 0 Å². The van der Waals surface area contributed by atoms with Gasteiger partial charge in [0.1, 0.15) is 11.5 Å². The summed E-state index contributed by atoms with van der Waals surface area (Å²) in [5.74, 6) is 1.41. The van der Waals surface area contributed by atoms with Gasteiger partial charge in [-0.15, -0.1) is 0 Å². The van der Waals surface area contributed by atoms with Gasteiger partial charge in [0.05, 0.1) is 17.4 Å². The summed E-state index contributed by atoms with van der Waals surface area (Å²) < 4.78 is 7.62. The lowest BCUT2D eigenvalue weighted by molar-refractivity contribution is -0.131. The lowest BCUT2D eigenvalue weighted by atomic mass is 9.94. The smallest absolute Gasteiger partial charge is 0.222 e. The second kappa shape index (κ2) is 7.13. The molecule has 0 radical (unpaired) electrons. The predicted octanol–water partition coefficient (Wildman–Crippen LogP) is 3.78. The van der Waals surface area contributed by atoms with Gasteiger partial charge in [0, 0.05) is 49.1 Å². The van der Waals surface area contributed by atoms with Crippen LogP contribution in [-0.4, -0.2) is 43.8 Å². The molecule has 7 nitrogen and oxygen atoms in total. The molecule has 7 heteroatoms. The van der Waals surface area contributed by atoms with Crippen molar-refractivity contribution in [1.82, 2.24) is 24.8 Å². The molecule has 0 unspecified atom stereocenters.